The molecule has 5 nitrogen and oxygen atoms in total. The van der Waals surface area contributed by atoms with Crippen LogP contribution in [0.15, 0.2) is 18.2 Å². The fourth-order valence-corrected chi connectivity index (χ4v) is 2.16. The van der Waals surface area contributed by atoms with Crippen molar-refractivity contribution in [2.75, 3.05) is 52.3 Å². The van der Waals surface area contributed by atoms with Crippen molar-refractivity contribution in [2.45, 2.75) is 6.42 Å². The zero-order valence-corrected chi connectivity index (χ0v) is 11.4. The number of morpholine rings is 1. The Bertz CT molecular complexity index is 392. The van der Waals surface area contributed by atoms with Crippen LogP contribution < -0.4 is 15.2 Å². The molecule has 2 rings (SSSR count). The van der Waals surface area contributed by atoms with E-state index in [9.17, 15) is 0 Å². The fraction of sp³-hybridized carbons (Fsp3) is 0.571. The van der Waals surface area contributed by atoms with Gasteiger partial charge in [-0.05, 0) is 18.6 Å². The summed E-state index contributed by atoms with van der Waals surface area (Å²) in [5.41, 5.74) is 6.43. The topological polar surface area (TPSA) is 57.0 Å². The molecule has 5 heteroatoms. The van der Waals surface area contributed by atoms with Gasteiger partial charge in [0.25, 0.3) is 0 Å². The van der Waals surface area contributed by atoms with Gasteiger partial charge in [-0.3, -0.25) is 4.90 Å². The van der Waals surface area contributed by atoms with Crippen molar-refractivity contribution < 1.29 is 14.2 Å². The van der Waals surface area contributed by atoms with Gasteiger partial charge in [-0.2, -0.15) is 0 Å². The zero-order chi connectivity index (χ0) is 13.5. The Hall–Kier alpha value is -1.46. The lowest BCUT2D eigenvalue weighted by Gasteiger charge is -2.26. The molecule has 1 heterocycles. The molecule has 1 fully saturated rings. The first kappa shape index (κ1) is 14.0. The Morgan fingerprint density at radius 1 is 1.32 bits per heavy atom. The third-order valence-electron chi connectivity index (χ3n) is 3.19. The van der Waals surface area contributed by atoms with Crippen LogP contribution >= 0.6 is 0 Å². The lowest BCUT2D eigenvalue weighted by Crippen LogP contribution is -2.37. The maximum absolute atomic E-state index is 5.83. The molecule has 2 N–H and O–H groups in total. The summed E-state index contributed by atoms with van der Waals surface area (Å²) in [5, 5.41) is 0. The molecule has 0 unspecified atom stereocenters. The third kappa shape index (κ3) is 4.01. The van der Waals surface area contributed by atoms with Gasteiger partial charge < -0.3 is 19.9 Å². The highest BCUT2D eigenvalue weighted by Crippen LogP contribution is 2.32. The van der Waals surface area contributed by atoms with E-state index in [0.717, 1.165) is 39.3 Å². The lowest BCUT2D eigenvalue weighted by atomic mass is 10.3. The summed E-state index contributed by atoms with van der Waals surface area (Å²) in [5.74, 6) is 1.33. The third-order valence-corrected chi connectivity index (χ3v) is 3.19. The average molecular weight is 266 g/mol. The molecule has 1 aromatic rings. The lowest BCUT2D eigenvalue weighted by molar-refractivity contribution is 0.0357. The van der Waals surface area contributed by atoms with E-state index in [4.69, 9.17) is 19.9 Å². The molecule has 0 amide bonds. The van der Waals surface area contributed by atoms with Crippen LogP contribution in [0.5, 0.6) is 11.5 Å². The molecule has 0 spiro atoms. The van der Waals surface area contributed by atoms with Gasteiger partial charge in [-0.15, -0.1) is 0 Å². The van der Waals surface area contributed by atoms with Crippen LogP contribution in [0.1, 0.15) is 6.42 Å². The number of nitrogens with zero attached hydrogens (tertiary/aromatic N) is 1. The minimum Gasteiger partial charge on any atom is -0.491 e. The van der Waals surface area contributed by atoms with Crippen LogP contribution in [0.2, 0.25) is 0 Å². The van der Waals surface area contributed by atoms with E-state index in [-0.39, 0.29) is 0 Å². The van der Waals surface area contributed by atoms with E-state index >= 15 is 0 Å². The Labute approximate surface area is 114 Å². The maximum atomic E-state index is 5.83. The quantitative estimate of drug-likeness (QED) is 0.622. The number of hydrogen-bond donors (Lipinski definition) is 1. The Kier molecular flexibility index (Phi) is 5.30. The van der Waals surface area contributed by atoms with E-state index in [0.29, 0.717) is 23.8 Å². The largest absolute Gasteiger partial charge is 0.491 e. The summed E-state index contributed by atoms with van der Waals surface area (Å²) in [4.78, 5) is 2.39. The van der Waals surface area contributed by atoms with Crippen LogP contribution in [0, 0.1) is 0 Å². The summed E-state index contributed by atoms with van der Waals surface area (Å²) in [6, 6.07) is 5.55. The number of nitrogens with two attached hydrogens (primary N) is 1. The number of benzene rings is 1. The first-order valence-corrected chi connectivity index (χ1v) is 6.66. The van der Waals surface area contributed by atoms with E-state index in [1.807, 2.05) is 12.1 Å². The zero-order valence-electron chi connectivity index (χ0n) is 11.4. The highest BCUT2D eigenvalue weighted by Gasteiger charge is 2.10. The van der Waals surface area contributed by atoms with E-state index in [2.05, 4.69) is 4.90 Å². The van der Waals surface area contributed by atoms with Gasteiger partial charge in [-0.1, -0.05) is 6.07 Å². The van der Waals surface area contributed by atoms with Gasteiger partial charge in [0.05, 0.1) is 32.6 Å². The van der Waals surface area contributed by atoms with Crippen LogP contribution in [0.3, 0.4) is 0 Å². The molecule has 0 aromatic heterocycles. The SMILES string of the molecule is COc1c(N)cccc1OCCCN1CCOCC1. The van der Waals surface area contributed by atoms with Gasteiger partial charge >= 0.3 is 0 Å². The maximum Gasteiger partial charge on any atom is 0.183 e. The van der Waals surface area contributed by atoms with Crippen LogP contribution in [0.25, 0.3) is 0 Å². The van der Waals surface area contributed by atoms with Crippen molar-refractivity contribution in [3.05, 3.63) is 18.2 Å². The number of nitrogen functional groups attached to an aromatic ring is 1. The van der Waals surface area contributed by atoms with Crippen molar-refractivity contribution in [3.63, 3.8) is 0 Å². The van der Waals surface area contributed by atoms with Crippen molar-refractivity contribution in [1.82, 2.24) is 4.90 Å². The second-order valence-electron chi connectivity index (χ2n) is 4.53. The van der Waals surface area contributed by atoms with E-state index < -0.39 is 0 Å². The number of rotatable bonds is 6. The molecule has 1 saturated heterocycles. The Morgan fingerprint density at radius 3 is 2.84 bits per heavy atom. The molecule has 19 heavy (non-hydrogen) atoms. The molecule has 106 valence electrons. The first-order chi connectivity index (χ1) is 9.31. The van der Waals surface area contributed by atoms with Crippen LogP contribution in [-0.2, 0) is 4.74 Å². The smallest absolute Gasteiger partial charge is 0.183 e. The summed E-state index contributed by atoms with van der Waals surface area (Å²) in [7, 11) is 1.60. The Morgan fingerprint density at radius 2 is 2.11 bits per heavy atom. The number of ether oxygens (including phenoxy) is 3. The number of methoxy groups -OCH3 is 1. The van der Waals surface area contributed by atoms with Crippen molar-refractivity contribution in [1.29, 1.82) is 0 Å². The minimum atomic E-state index is 0.605. The summed E-state index contributed by atoms with van der Waals surface area (Å²) in [6.07, 6.45) is 0.984. The fourth-order valence-electron chi connectivity index (χ4n) is 2.16. The van der Waals surface area contributed by atoms with Crippen LogP contribution in [0.4, 0.5) is 5.69 Å². The summed E-state index contributed by atoms with van der Waals surface area (Å²) in [6.45, 7) is 5.40. The summed E-state index contributed by atoms with van der Waals surface area (Å²) < 4.78 is 16.3. The average Bonchev–Trinajstić information content (AvgIpc) is 2.45. The number of anilines is 1. The monoisotopic (exact) mass is 266 g/mol. The molecular formula is C14H22N2O3. The van der Waals surface area contributed by atoms with Gasteiger partial charge in [0.1, 0.15) is 0 Å². The van der Waals surface area contributed by atoms with E-state index in [1.54, 1.807) is 13.2 Å². The second kappa shape index (κ2) is 7.21. The van der Waals surface area contributed by atoms with Gasteiger partial charge in [-0.25, -0.2) is 0 Å². The number of hydrogen-bond acceptors (Lipinski definition) is 5. The minimum absolute atomic E-state index is 0.605. The molecule has 0 radical (unpaired) electrons. The molecule has 0 aliphatic carbocycles. The summed E-state index contributed by atoms with van der Waals surface area (Å²) >= 11 is 0. The Balaban J connectivity index is 1.74. The van der Waals surface area contributed by atoms with Gasteiger partial charge in [0.2, 0.25) is 0 Å². The first-order valence-electron chi connectivity index (χ1n) is 6.66. The van der Waals surface area contributed by atoms with Gasteiger partial charge in [0, 0.05) is 19.6 Å². The van der Waals surface area contributed by atoms with Gasteiger partial charge in [0.15, 0.2) is 11.5 Å². The van der Waals surface area contributed by atoms with Crippen LogP contribution in [-0.4, -0.2) is 51.5 Å². The molecule has 1 aliphatic rings. The molecule has 0 atom stereocenters. The molecular weight excluding hydrogens is 244 g/mol. The molecule has 1 aromatic carbocycles. The number of para-hydroxylation sites is 1. The predicted octanol–water partition coefficient (Wildman–Crippen LogP) is 1.38. The molecule has 0 saturated carbocycles. The predicted molar refractivity (Wildman–Crippen MR) is 74.8 cm³/mol. The molecule has 1 aliphatic heterocycles. The molecule has 0 bridgehead atoms. The van der Waals surface area contributed by atoms with Crippen molar-refractivity contribution in [2.24, 2.45) is 0 Å². The highest BCUT2D eigenvalue weighted by molar-refractivity contribution is 5.60. The highest BCUT2D eigenvalue weighted by atomic mass is 16.5. The second-order valence-corrected chi connectivity index (χ2v) is 4.53. The normalized spacial score (nSPS) is 16.3. The standard InChI is InChI=1S/C14H22N2O3/c1-17-14-12(15)4-2-5-13(14)19-9-3-6-16-7-10-18-11-8-16/h2,4-5H,3,6-11,15H2,1H3. The van der Waals surface area contributed by atoms with Crippen molar-refractivity contribution >= 4 is 5.69 Å². The van der Waals surface area contributed by atoms with E-state index in [1.165, 1.54) is 0 Å². The van der Waals surface area contributed by atoms with Crippen molar-refractivity contribution in [3.8, 4) is 11.5 Å².